The first kappa shape index (κ1) is 25.4. The number of halogens is 13. The summed E-state index contributed by atoms with van der Waals surface area (Å²) in [5.74, 6) is -2.65. The lowest BCUT2D eigenvalue weighted by Crippen LogP contribution is -2.57. The summed E-state index contributed by atoms with van der Waals surface area (Å²) >= 11 is 0.195. The normalized spacial score (nSPS) is 14.9. The Kier molecular flexibility index (Phi) is 6.60. The first-order valence-corrected chi connectivity index (χ1v) is 7.16. The van der Waals surface area contributed by atoms with E-state index in [0.717, 1.165) is 11.4 Å². The molecule has 1 aromatic rings. The molecule has 0 aliphatic heterocycles. The lowest BCUT2D eigenvalue weighted by molar-refractivity contribution is -0.561. The molecule has 0 saturated heterocycles. The van der Waals surface area contributed by atoms with Crippen molar-refractivity contribution in [3.05, 3.63) is 22.4 Å². The maximum Gasteiger partial charge on any atom is 0.527 e. The number of ether oxygens (including phenoxy) is 3. The van der Waals surface area contributed by atoms with Gasteiger partial charge in [0.05, 0.1) is 4.88 Å². The molecule has 0 radical (unpaired) electrons. The molecule has 4 nitrogen and oxygen atoms in total. The van der Waals surface area contributed by atoms with Gasteiger partial charge in [0.1, 0.15) is 0 Å². The van der Waals surface area contributed by atoms with Gasteiger partial charge in [0.25, 0.3) is 5.78 Å². The van der Waals surface area contributed by atoms with E-state index in [1.54, 1.807) is 4.74 Å². The first-order valence-electron chi connectivity index (χ1n) is 6.28. The van der Waals surface area contributed by atoms with Crippen LogP contribution >= 0.6 is 11.3 Å². The van der Waals surface area contributed by atoms with Crippen LogP contribution in [0.4, 0.5) is 57.1 Å². The summed E-state index contributed by atoms with van der Waals surface area (Å²) in [6.07, 6.45) is -40.5. The van der Waals surface area contributed by atoms with E-state index in [4.69, 9.17) is 0 Å². The van der Waals surface area contributed by atoms with Crippen molar-refractivity contribution in [1.82, 2.24) is 0 Å². The summed E-state index contributed by atoms with van der Waals surface area (Å²) < 4.78 is 170. The number of hydrogen-bond donors (Lipinski definition) is 0. The Morgan fingerprint density at radius 3 is 1.48 bits per heavy atom. The van der Waals surface area contributed by atoms with Crippen LogP contribution in [-0.4, -0.2) is 42.7 Å². The fourth-order valence-corrected chi connectivity index (χ4v) is 1.99. The first-order chi connectivity index (χ1) is 12.6. The Bertz CT molecular complexity index is 713. The maximum atomic E-state index is 13.4. The standard InChI is InChI=1S/C11H3F13O4S/c12-6(13,5(25)4-2-1-3-29-4)26-7(14,15)8(16,17)27-9(18,19)10(20,21)28-11(22,23)24/h1-3H. The lowest BCUT2D eigenvalue weighted by atomic mass is 10.3. The molecule has 1 rings (SSSR count). The van der Waals surface area contributed by atoms with Crippen molar-refractivity contribution in [3.63, 3.8) is 0 Å². The van der Waals surface area contributed by atoms with Crippen LogP contribution in [0, 0.1) is 0 Å². The number of ketones is 1. The molecule has 0 bridgehead atoms. The molecule has 1 aromatic heterocycles. The van der Waals surface area contributed by atoms with Crippen molar-refractivity contribution >= 4 is 17.1 Å². The number of Topliss-reactive ketones (excluding diaryl/α,β-unsaturated/α-hetero) is 1. The van der Waals surface area contributed by atoms with Crippen LogP contribution in [0.5, 0.6) is 0 Å². The van der Waals surface area contributed by atoms with Gasteiger partial charge in [-0.2, -0.15) is 43.9 Å². The molecule has 1 heterocycles. The summed E-state index contributed by atoms with van der Waals surface area (Å²) in [4.78, 5) is 10.2. The topological polar surface area (TPSA) is 44.8 Å². The minimum atomic E-state index is -7.13. The van der Waals surface area contributed by atoms with Crippen LogP contribution in [0.1, 0.15) is 9.67 Å². The summed E-state index contributed by atoms with van der Waals surface area (Å²) in [6.45, 7) is 0. The van der Waals surface area contributed by atoms with E-state index in [-0.39, 0.29) is 11.3 Å². The smallest absolute Gasteiger partial charge is 0.283 e. The van der Waals surface area contributed by atoms with E-state index in [1.165, 1.54) is 4.74 Å². The Labute approximate surface area is 153 Å². The number of thiophene rings is 1. The van der Waals surface area contributed by atoms with Crippen LogP contribution in [0.2, 0.25) is 0 Å². The lowest BCUT2D eigenvalue weighted by Gasteiger charge is -2.33. The van der Waals surface area contributed by atoms with Crippen LogP contribution in [0.3, 0.4) is 0 Å². The molecule has 0 spiro atoms. The second-order valence-electron chi connectivity index (χ2n) is 4.64. The van der Waals surface area contributed by atoms with E-state index in [2.05, 4.69) is 4.74 Å². The molecule has 0 amide bonds. The molecule has 0 saturated carbocycles. The maximum absolute atomic E-state index is 13.4. The third-order valence-corrected chi connectivity index (χ3v) is 3.31. The SMILES string of the molecule is O=C(c1cccs1)C(F)(F)OC(F)(F)C(F)(F)OC(F)(F)C(F)(F)OC(F)(F)F. The van der Waals surface area contributed by atoms with Gasteiger partial charge in [-0.25, -0.2) is 14.2 Å². The van der Waals surface area contributed by atoms with Crippen LogP contribution in [0.25, 0.3) is 0 Å². The number of carbonyl (C=O) groups is 1. The number of rotatable bonds is 9. The van der Waals surface area contributed by atoms with Crippen molar-refractivity contribution in [2.24, 2.45) is 0 Å². The third-order valence-electron chi connectivity index (χ3n) is 2.44. The van der Waals surface area contributed by atoms with Crippen molar-refractivity contribution in [1.29, 1.82) is 0 Å². The Hall–Kier alpha value is -1.66. The van der Waals surface area contributed by atoms with E-state index in [9.17, 15) is 61.9 Å². The fraction of sp³-hybridized carbons (Fsp3) is 0.545. The van der Waals surface area contributed by atoms with Crippen molar-refractivity contribution in [2.75, 3.05) is 0 Å². The van der Waals surface area contributed by atoms with E-state index < -0.39 is 47.6 Å². The average Bonchev–Trinajstić information content (AvgIpc) is 2.94. The highest BCUT2D eigenvalue weighted by atomic mass is 32.1. The number of carbonyl (C=O) groups excluding carboxylic acids is 1. The largest absolute Gasteiger partial charge is 0.527 e. The molecule has 0 atom stereocenters. The highest BCUT2D eigenvalue weighted by molar-refractivity contribution is 7.12. The van der Waals surface area contributed by atoms with Crippen molar-refractivity contribution in [2.45, 2.75) is 36.9 Å². The molecule has 168 valence electrons. The highest BCUT2D eigenvalue weighted by Crippen LogP contribution is 2.48. The average molecular weight is 478 g/mol. The fourth-order valence-electron chi connectivity index (χ4n) is 1.30. The summed E-state index contributed by atoms with van der Waals surface area (Å²) in [6, 6.07) is 1.54. The minimum absolute atomic E-state index is 0.195. The van der Waals surface area contributed by atoms with Gasteiger partial charge in [-0.1, -0.05) is 6.07 Å². The highest BCUT2D eigenvalue weighted by Gasteiger charge is 2.74. The Balaban J connectivity index is 3.08. The third kappa shape index (κ3) is 5.92. The Morgan fingerprint density at radius 1 is 0.690 bits per heavy atom. The molecule has 0 N–H and O–H groups in total. The van der Waals surface area contributed by atoms with Gasteiger partial charge in [0.15, 0.2) is 0 Å². The quantitative estimate of drug-likeness (QED) is 0.349. The monoisotopic (exact) mass is 478 g/mol. The zero-order chi connectivity index (χ0) is 23.1. The van der Waals surface area contributed by atoms with Crippen LogP contribution < -0.4 is 0 Å². The number of hydrogen-bond acceptors (Lipinski definition) is 5. The summed E-state index contributed by atoms with van der Waals surface area (Å²) in [5.41, 5.74) is 0. The predicted octanol–water partition coefficient (Wildman–Crippen LogP) is 5.46. The molecule has 18 heteroatoms. The van der Waals surface area contributed by atoms with E-state index in [0.29, 0.717) is 6.07 Å². The van der Waals surface area contributed by atoms with E-state index >= 15 is 0 Å². The van der Waals surface area contributed by atoms with Crippen molar-refractivity contribution < 1.29 is 76.1 Å². The molecule has 0 aliphatic rings. The molecule has 0 unspecified atom stereocenters. The summed E-state index contributed by atoms with van der Waals surface area (Å²) in [5, 5.41) is 0.961. The van der Waals surface area contributed by atoms with Gasteiger partial charge in [-0.15, -0.1) is 24.5 Å². The Morgan fingerprint density at radius 2 is 1.10 bits per heavy atom. The van der Waals surface area contributed by atoms with Gasteiger partial charge < -0.3 is 0 Å². The zero-order valence-corrected chi connectivity index (χ0v) is 13.5. The predicted molar refractivity (Wildman–Crippen MR) is 62.7 cm³/mol. The second-order valence-corrected chi connectivity index (χ2v) is 5.59. The van der Waals surface area contributed by atoms with Gasteiger partial charge >= 0.3 is 36.9 Å². The summed E-state index contributed by atoms with van der Waals surface area (Å²) in [7, 11) is 0. The molecule has 0 fully saturated rings. The molecular formula is C11H3F13O4S. The van der Waals surface area contributed by atoms with E-state index in [1.807, 2.05) is 0 Å². The molecule has 0 aliphatic carbocycles. The van der Waals surface area contributed by atoms with Gasteiger partial charge in [0.2, 0.25) is 0 Å². The van der Waals surface area contributed by atoms with Gasteiger partial charge in [-0.3, -0.25) is 4.79 Å². The van der Waals surface area contributed by atoms with Gasteiger partial charge in [0, 0.05) is 0 Å². The van der Waals surface area contributed by atoms with Crippen LogP contribution in [-0.2, 0) is 14.2 Å². The van der Waals surface area contributed by atoms with Gasteiger partial charge in [-0.05, 0) is 11.4 Å². The molecule has 0 aromatic carbocycles. The second kappa shape index (κ2) is 7.55. The molecule has 29 heavy (non-hydrogen) atoms. The number of alkyl halides is 13. The zero-order valence-electron chi connectivity index (χ0n) is 12.7. The molecular weight excluding hydrogens is 475 g/mol. The minimum Gasteiger partial charge on any atom is -0.283 e. The van der Waals surface area contributed by atoms with Crippen molar-refractivity contribution in [3.8, 4) is 0 Å². The van der Waals surface area contributed by atoms with Crippen LogP contribution in [0.15, 0.2) is 17.5 Å².